The monoisotopic (exact) mass is 282 g/mol. The van der Waals surface area contributed by atoms with Crippen molar-refractivity contribution in [1.29, 1.82) is 5.26 Å². The maximum absolute atomic E-state index is 8.98. The van der Waals surface area contributed by atoms with E-state index in [4.69, 9.17) is 16.9 Å². The molecule has 2 nitrogen and oxygen atoms in total. The van der Waals surface area contributed by atoms with Crippen LogP contribution in [0, 0.1) is 11.3 Å². The maximum Gasteiger partial charge on any atom is 0.101 e. The molecule has 1 aliphatic rings. The molecule has 0 spiro atoms. The molecule has 1 N–H and O–H groups in total. The van der Waals surface area contributed by atoms with Crippen molar-refractivity contribution >= 4 is 17.3 Å². The van der Waals surface area contributed by atoms with Gasteiger partial charge in [-0.05, 0) is 42.5 Å². The third kappa shape index (κ3) is 2.64. The van der Waals surface area contributed by atoms with E-state index in [2.05, 4.69) is 41.7 Å². The van der Waals surface area contributed by atoms with Crippen molar-refractivity contribution in [2.75, 3.05) is 5.32 Å². The molecule has 1 saturated carbocycles. The zero-order valence-corrected chi connectivity index (χ0v) is 11.8. The second-order valence-electron chi connectivity index (χ2n) is 5.23. The molecule has 0 aromatic heterocycles. The van der Waals surface area contributed by atoms with Gasteiger partial charge in [0.2, 0.25) is 0 Å². The molecular weight excluding hydrogens is 268 g/mol. The van der Waals surface area contributed by atoms with Crippen molar-refractivity contribution in [2.45, 2.75) is 24.8 Å². The lowest BCUT2D eigenvalue weighted by Crippen LogP contribution is -2.33. The summed E-state index contributed by atoms with van der Waals surface area (Å²) < 4.78 is 0. The van der Waals surface area contributed by atoms with Gasteiger partial charge < -0.3 is 5.32 Å². The van der Waals surface area contributed by atoms with Gasteiger partial charge in [-0.15, -0.1) is 0 Å². The summed E-state index contributed by atoms with van der Waals surface area (Å²) in [6, 6.07) is 18.7. The van der Waals surface area contributed by atoms with E-state index in [0.29, 0.717) is 22.5 Å². The van der Waals surface area contributed by atoms with Crippen molar-refractivity contribution in [3.05, 3.63) is 64.7 Å². The Morgan fingerprint density at radius 1 is 1.10 bits per heavy atom. The smallest absolute Gasteiger partial charge is 0.101 e. The second kappa shape index (κ2) is 5.56. The molecular formula is C17H15ClN2. The van der Waals surface area contributed by atoms with E-state index in [1.807, 2.05) is 12.1 Å². The predicted octanol–water partition coefficient (Wildman–Crippen LogP) is 4.57. The molecule has 3 rings (SSSR count). The molecule has 2 aromatic carbocycles. The molecule has 20 heavy (non-hydrogen) atoms. The van der Waals surface area contributed by atoms with Crippen LogP contribution in [0.1, 0.15) is 29.9 Å². The highest BCUT2D eigenvalue weighted by molar-refractivity contribution is 6.31. The second-order valence-corrected chi connectivity index (χ2v) is 5.63. The summed E-state index contributed by atoms with van der Waals surface area (Å²) in [5.41, 5.74) is 2.91. The average Bonchev–Trinajstić information content (AvgIpc) is 2.45. The van der Waals surface area contributed by atoms with Crippen LogP contribution in [0.5, 0.6) is 0 Å². The van der Waals surface area contributed by atoms with E-state index < -0.39 is 0 Å². The molecule has 2 aromatic rings. The highest BCUT2D eigenvalue weighted by Gasteiger charge is 2.29. The molecule has 1 aliphatic carbocycles. The van der Waals surface area contributed by atoms with Gasteiger partial charge in [0, 0.05) is 11.7 Å². The zero-order valence-electron chi connectivity index (χ0n) is 11.0. The zero-order chi connectivity index (χ0) is 13.9. The van der Waals surface area contributed by atoms with Gasteiger partial charge in [0.05, 0.1) is 10.6 Å². The molecule has 0 aliphatic heterocycles. The van der Waals surface area contributed by atoms with E-state index in [1.54, 1.807) is 6.07 Å². The van der Waals surface area contributed by atoms with Crippen molar-refractivity contribution in [3.63, 3.8) is 0 Å². The van der Waals surface area contributed by atoms with Gasteiger partial charge >= 0.3 is 0 Å². The summed E-state index contributed by atoms with van der Waals surface area (Å²) >= 11 is 5.93. The first-order valence-electron chi connectivity index (χ1n) is 6.77. The lowest BCUT2D eigenvalue weighted by atomic mass is 9.76. The number of nitriles is 1. The third-order valence-corrected chi connectivity index (χ3v) is 4.20. The van der Waals surface area contributed by atoms with Crippen molar-refractivity contribution in [1.82, 2.24) is 0 Å². The number of nitrogens with one attached hydrogen (secondary N) is 1. The highest BCUT2D eigenvalue weighted by Crippen LogP contribution is 2.38. The Balaban J connectivity index is 1.61. The highest BCUT2D eigenvalue weighted by atomic mass is 35.5. The molecule has 0 saturated heterocycles. The largest absolute Gasteiger partial charge is 0.382 e. The first-order chi connectivity index (χ1) is 9.76. The fraction of sp³-hybridized carbons (Fsp3) is 0.235. The Kier molecular flexibility index (Phi) is 3.62. The maximum atomic E-state index is 8.98. The van der Waals surface area contributed by atoms with Crippen LogP contribution >= 0.6 is 11.6 Å². The fourth-order valence-corrected chi connectivity index (χ4v) is 2.83. The summed E-state index contributed by atoms with van der Waals surface area (Å²) in [5, 5.41) is 13.0. The first-order valence-corrected chi connectivity index (χ1v) is 7.15. The van der Waals surface area contributed by atoms with Crippen LogP contribution in [-0.4, -0.2) is 6.04 Å². The number of halogens is 1. The van der Waals surface area contributed by atoms with Gasteiger partial charge in [0.25, 0.3) is 0 Å². The molecule has 0 amide bonds. The first kappa shape index (κ1) is 13.0. The van der Waals surface area contributed by atoms with E-state index in [-0.39, 0.29) is 0 Å². The molecule has 100 valence electrons. The van der Waals surface area contributed by atoms with Crippen LogP contribution in [0.4, 0.5) is 5.69 Å². The normalized spacial score (nSPS) is 20.8. The summed E-state index contributed by atoms with van der Waals surface area (Å²) in [6.45, 7) is 0. The van der Waals surface area contributed by atoms with Crippen LogP contribution < -0.4 is 5.32 Å². The van der Waals surface area contributed by atoms with Gasteiger partial charge in [0.15, 0.2) is 0 Å². The minimum Gasteiger partial charge on any atom is -0.382 e. The van der Waals surface area contributed by atoms with Crippen LogP contribution in [0.15, 0.2) is 48.5 Å². The van der Waals surface area contributed by atoms with Gasteiger partial charge in [-0.2, -0.15) is 5.26 Å². The number of hydrogen-bond acceptors (Lipinski definition) is 2. The summed E-state index contributed by atoms with van der Waals surface area (Å²) in [5.74, 6) is 0.649. The lowest BCUT2D eigenvalue weighted by Gasteiger charge is -2.37. The fourth-order valence-electron chi connectivity index (χ4n) is 2.67. The van der Waals surface area contributed by atoms with E-state index in [0.717, 1.165) is 18.5 Å². The van der Waals surface area contributed by atoms with Gasteiger partial charge in [0.1, 0.15) is 6.07 Å². The third-order valence-electron chi connectivity index (χ3n) is 3.87. The number of hydrogen-bond donors (Lipinski definition) is 1. The molecule has 3 heteroatoms. The van der Waals surface area contributed by atoms with Crippen LogP contribution in [0.25, 0.3) is 0 Å². The molecule has 0 bridgehead atoms. The Morgan fingerprint density at radius 2 is 1.85 bits per heavy atom. The predicted molar refractivity (Wildman–Crippen MR) is 82.0 cm³/mol. The summed E-state index contributed by atoms with van der Waals surface area (Å²) in [4.78, 5) is 0. The molecule has 0 unspecified atom stereocenters. The topological polar surface area (TPSA) is 35.8 Å². The number of benzene rings is 2. The standard InChI is InChI=1S/C17H15ClN2/c18-17-7-6-15(10-14(17)11-19)20-16-8-13(9-16)12-4-2-1-3-5-12/h1-7,10,13,16,20H,8-9H2. The molecule has 1 fully saturated rings. The minimum atomic E-state index is 0.480. The number of anilines is 1. The lowest BCUT2D eigenvalue weighted by molar-refractivity contribution is 0.374. The van der Waals surface area contributed by atoms with E-state index >= 15 is 0 Å². The van der Waals surface area contributed by atoms with Gasteiger partial charge in [-0.25, -0.2) is 0 Å². The Bertz CT molecular complexity index is 640. The Labute approximate surface area is 124 Å². The summed E-state index contributed by atoms with van der Waals surface area (Å²) in [7, 11) is 0. The van der Waals surface area contributed by atoms with Crippen LogP contribution in [0.2, 0.25) is 5.02 Å². The Hall–Kier alpha value is -1.98. The average molecular weight is 283 g/mol. The summed E-state index contributed by atoms with van der Waals surface area (Å²) in [6.07, 6.45) is 2.27. The molecule has 0 radical (unpaired) electrons. The minimum absolute atomic E-state index is 0.480. The van der Waals surface area contributed by atoms with Crippen molar-refractivity contribution in [2.24, 2.45) is 0 Å². The number of nitrogens with zero attached hydrogens (tertiary/aromatic N) is 1. The number of rotatable bonds is 3. The van der Waals surface area contributed by atoms with Gasteiger partial charge in [-0.1, -0.05) is 41.9 Å². The SMILES string of the molecule is N#Cc1cc(NC2CC(c3ccccc3)C2)ccc1Cl. The molecule has 0 heterocycles. The van der Waals surface area contributed by atoms with Crippen LogP contribution in [-0.2, 0) is 0 Å². The quantitative estimate of drug-likeness (QED) is 0.895. The molecule has 0 atom stereocenters. The van der Waals surface area contributed by atoms with E-state index in [9.17, 15) is 0 Å². The van der Waals surface area contributed by atoms with Gasteiger partial charge in [-0.3, -0.25) is 0 Å². The van der Waals surface area contributed by atoms with Crippen molar-refractivity contribution < 1.29 is 0 Å². The van der Waals surface area contributed by atoms with Crippen molar-refractivity contribution in [3.8, 4) is 6.07 Å². The Morgan fingerprint density at radius 3 is 2.55 bits per heavy atom. The van der Waals surface area contributed by atoms with Crippen LogP contribution in [0.3, 0.4) is 0 Å². The van der Waals surface area contributed by atoms with E-state index in [1.165, 1.54) is 5.56 Å².